The van der Waals surface area contributed by atoms with Gasteiger partial charge in [0.2, 0.25) is 0 Å². The minimum atomic E-state index is -0.333. The maximum atomic E-state index is 11.9. The number of hydrogen-bond donors (Lipinski definition) is 2. The van der Waals surface area contributed by atoms with Gasteiger partial charge in [-0.15, -0.1) is 6.58 Å². The first-order valence-corrected chi connectivity index (χ1v) is 6.90. The smallest absolute Gasteiger partial charge is 0.271 e. The molecular formula is C17H17N3O3. The van der Waals surface area contributed by atoms with Crippen molar-refractivity contribution < 1.29 is 14.6 Å². The summed E-state index contributed by atoms with van der Waals surface area (Å²) in [6.45, 7) is 3.65. The van der Waals surface area contributed by atoms with E-state index in [1.807, 2.05) is 0 Å². The molecule has 0 saturated carbocycles. The van der Waals surface area contributed by atoms with Gasteiger partial charge in [0.05, 0.1) is 13.3 Å². The molecule has 1 aromatic heterocycles. The van der Waals surface area contributed by atoms with Gasteiger partial charge in [0.15, 0.2) is 11.5 Å². The molecule has 0 atom stereocenters. The normalized spacial score (nSPS) is 10.5. The third kappa shape index (κ3) is 4.16. The monoisotopic (exact) mass is 311 g/mol. The molecule has 0 bridgehead atoms. The summed E-state index contributed by atoms with van der Waals surface area (Å²) in [6, 6.07) is 6.57. The van der Waals surface area contributed by atoms with Crippen LogP contribution in [0.3, 0.4) is 0 Å². The molecule has 0 spiro atoms. The number of ether oxygens (including phenoxy) is 1. The summed E-state index contributed by atoms with van der Waals surface area (Å²) in [5, 5.41) is 13.9. The number of rotatable bonds is 6. The molecule has 23 heavy (non-hydrogen) atoms. The number of pyridine rings is 1. The number of phenolic OH excluding ortho intramolecular Hbond substituents is 1. The predicted octanol–water partition coefficient (Wildman–Crippen LogP) is 2.29. The molecule has 0 aliphatic heterocycles. The van der Waals surface area contributed by atoms with Crippen LogP contribution in [0.5, 0.6) is 11.5 Å². The van der Waals surface area contributed by atoms with Gasteiger partial charge in [-0.05, 0) is 36.2 Å². The van der Waals surface area contributed by atoms with Crippen molar-refractivity contribution in [3.05, 3.63) is 66.0 Å². The minimum Gasteiger partial charge on any atom is -0.504 e. The average Bonchev–Trinajstić information content (AvgIpc) is 2.58. The van der Waals surface area contributed by atoms with Crippen LogP contribution in [0.15, 0.2) is 54.4 Å². The number of nitrogens with one attached hydrogen (secondary N) is 1. The molecule has 1 heterocycles. The highest BCUT2D eigenvalue weighted by Gasteiger charge is 2.09. The van der Waals surface area contributed by atoms with Crippen LogP contribution in [-0.2, 0) is 6.42 Å². The quantitative estimate of drug-likeness (QED) is 0.487. The fraction of sp³-hybridized carbons (Fsp3) is 0.118. The van der Waals surface area contributed by atoms with Crippen LogP contribution in [0.2, 0.25) is 0 Å². The Kier molecular flexibility index (Phi) is 5.46. The highest BCUT2D eigenvalue weighted by atomic mass is 16.5. The number of allylic oxidation sites excluding steroid dienone is 1. The number of benzene rings is 1. The van der Waals surface area contributed by atoms with Gasteiger partial charge in [-0.25, -0.2) is 5.43 Å². The van der Waals surface area contributed by atoms with Crippen LogP contribution >= 0.6 is 0 Å². The third-order valence-corrected chi connectivity index (χ3v) is 3.08. The highest BCUT2D eigenvalue weighted by Crippen LogP contribution is 2.31. The Morgan fingerprint density at radius 1 is 1.43 bits per heavy atom. The van der Waals surface area contributed by atoms with Gasteiger partial charge in [-0.2, -0.15) is 5.10 Å². The number of methoxy groups -OCH3 is 1. The van der Waals surface area contributed by atoms with Gasteiger partial charge in [-0.3, -0.25) is 9.78 Å². The van der Waals surface area contributed by atoms with E-state index in [2.05, 4.69) is 22.1 Å². The second kappa shape index (κ2) is 7.74. The lowest BCUT2D eigenvalue weighted by Gasteiger charge is -2.09. The zero-order valence-electron chi connectivity index (χ0n) is 12.7. The fourth-order valence-electron chi connectivity index (χ4n) is 1.96. The topological polar surface area (TPSA) is 83.8 Å². The number of hydrogen-bond acceptors (Lipinski definition) is 5. The molecule has 6 heteroatoms. The van der Waals surface area contributed by atoms with Crippen LogP contribution in [0, 0.1) is 0 Å². The van der Waals surface area contributed by atoms with Gasteiger partial charge in [-0.1, -0.05) is 6.08 Å². The Balaban J connectivity index is 2.14. The largest absolute Gasteiger partial charge is 0.504 e. The first-order valence-electron chi connectivity index (χ1n) is 6.90. The molecule has 0 unspecified atom stereocenters. The number of hydrazone groups is 1. The fourth-order valence-corrected chi connectivity index (χ4v) is 1.96. The van der Waals surface area contributed by atoms with Gasteiger partial charge in [0.1, 0.15) is 0 Å². The molecule has 118 valence electrons. The van der Waals surface area contributed by atoms with Crippen molar-refractivity contribution in [2.45, 2.75) is 6.42 Å². The Labute approximate surface area is 134 Å². The Morgan fingerprint density at radius 2 is 2.17 bits per heavy atom. The lowest BCUT2D eigenvalue weighted by Crippen LogP contribution is -2.17. The Hall–Kier alpha value is -3.15. The summed E-state index contributed by atoms with van der Waals surface area (Å²) >= 11 is 0. The lowest BCUT2D eigenvalue weighted by atomic mass is 10.1. The average molecular weight is 311 g/mol. The van der Waals surface area contributed by atoms with E-state index in [1.54, 1.807) is 30.3 Å². The van der Waals surface area contributed by atoms with Crippen molar-refractivity contribution in [2.24, 2.45) is 5.10 Å². The van der Waals surface area contributed by atoms with Crippen molar-refractivity contribution in [3.8, 4) is 11.5 Å². The SMILES string of the molecule is C=CCc1cc(/C=N/NC(=O)c2ccncc2)cc(OC)c1O. The summed E-state index contributed by atoms with van der Waals surface area (Å²) in [6.07, 6.45) is 6.72. The number of carbonyl (C=O) groups is 1. The molecule has 2 rings (SSSR count). The Morgan fingerprint density at radius 3 is 2.83 bits per heavy atom. The summed E-state index contributed by atoms with van der Waals surface area (Å²) in [7, 11) is 1.47. The van der Waals surface area contributed by atoms with E-state index in [1.165, 1.54) is 25.7 Å². The highest BCUT2D eigenvalue weighted by molar-refractivity contribution is 5.94. The van der Waals surface area contributed by atoms with Gasteiger partial charge >= 0.3 is 0 Å². The maximum Gasteiger partial charge on any atom is 0.271 e. The molecule has 0 aliphatic rings. The van der Waals surface area contributed by atoms with E-state index in [-0.39, 0.29) is 11.7 Å². The second-order valence-corrected chi connectivity index (χ2v) is 4.66. The molecule has 6 nitrogen and oxygen atoms in total. The van der Waals surface area contributed by atoms with Crippen molar-refractivity contribution in [3.63, 3.8) is 0 Å². The Bertz CT molecular complexity index is 727. The van der Waals surface area contributed by atoms with Crippen LogP contribution in [0.1, 0.15) is 21.5 Å². The second-order valence-electron chi connectivity index (χ2n) is 4.66. The van der Waals surface area contributed by atoms with Crippen molar-refractivity contribution in [2.75, 3.05) is 7.11 Å². The lowest BCUT2D eigenvalue weighted by molar-refractivity contribution is 0.0955. The third-order valence-electron chi connectivity index (χ3n) is 3.08. The number of amides is 1. The zero-order valence-corrected chi connectivity index (χ0v) is 12.7. The van der Waals surface area contributed by atoms with Crippen molar-refractivity contribution >= 4 is 12.1 Å². The van der Waals surface area contributed by atoms with Crippen molar-refractivity contribution in [1.82, 2.24) is 10.4 Å². The summed E-state index contributed by atoms with van der Waals surface area (Å²) in [4.78, 5) is 15.7. The zero-order chi connectivity index (χ0) is 16.7. The van der Waals surface area contributed by atoms with E-state index < -0.39 is 0 Å². The standard InChI is InChI=1S/C17H17N3O3/c1-3-4-14-9-12(10-15(23-2)16(14)21)11-19-20-17(22)13-5-7-18-8-6-13/h3,5-11,21H,1,4H2,2H3,(H,20,22)/b19-11+. The molecule has 0 radical (unpaired) electrons. The van der Waals surface area contributed by atoms with Crippen LogP contribution in [-0.4, -0.2) is 29.3 Å². The number of aromatic hydroxyl groups is 1. The molecule has 1 aromatic carbocycles. The van der Waals surface area contributed by atoms with E-state index in [0.29, 0.717) is 28.9 Å². The van der Waals surface area contributed by atoms with Crippen LogP contribution in [0.25, 0.3) is 0 Å². The number of aromatic nitrogens is 1. The van der Waals surface area contributed by atoms with Crippen molar-refractivity contribution in [1.29, 1.82) is 0 Å². The van der Waals surface area contributed by atoms with E-state index in [0.717, 1.165) is 0 Å². The first-order chi connectivity index (χ1) is 11.2. The molecule has 2 aromatic rings. The summed E-state index contributed by atoms with van der Waals surface area (Å²) in [5.41, 5.74) is 4.25. The maximum absolute atomic E-state index is 11.9. The predicted molar refractivity (Wildman–Crippen MR) is 87.9 cm³/mol. The first kappa shape index (κ1) is 16.2. The molecule has 0 aliphatic carbocycles. The van der Waals surface area contributed by atoms with E-state index in [9.17, 15) is 9.90 Å². The molecule has 0 fully saturated rings. The minimum absolute atomic E-state index is 0.0744. The summed E-state index contributed by atoms with van der Waals surface area (Å²) in [5.74, 6) is 0.0809. The molecule has 2 N–H and O–H groups in total. The number of phenols is 1. The van der Waals surface area contributed by atoms with Gasteiger partial charge in [0.25, 0.3) is 5.91 Å². The molecule has 0 saturated heterocycles. The number of nitrogens with zero attached hydrogens (tertiary/aromatic N) is 2. The van der Waals surface area contributed by atoms with Gasteiger partial charge < -0.3 is 9.84 Å². The van der Waals surface area contributed by atoms with Crippen LogP contribution in [0.4, 0.5) is 0 Å². The van der Waals surface area contributed by atoms with E-state index in [4.69, 9.17) is 4.74 Å². The van der Waals surface area contributed by atoms with E-state index >= 15 is 0 Å². The number of carbonyl (C=O) groups excluding carboxylic acids is 1. The molecule has 1 amide bonds. The summed E-state index contributed by atoms with van der Waals surface area (Å²) < 4.78 is 5.13. The van der Waals surface area contributed by atoms with Gasteiger partial charge in [0, 0.05) is 23.5 Å². The van der Waals surface area contributed by atoms with Crippen LogP contribution < -0.4 is 10.2 Å². The molecular weight excluding hydrogens is 294 g/mol.